The number of allylic oxidation sites excluding steroid dienone is 5. The summed E-state index contributed by atoms with van der Waals surface area (Å²) in [5.74, 6) is 0.464. The Morgan fingerprint density at radius 1 is 1.20 bits per heavy atom. The van der Waals surface area contributed by atoms with Crippen molar-refractivity contribution < 1.29 is 0 Å². The third-order valence-corrected chi connectivity index (χ3v) is 4.12. The van der Waals surface area contributed by atoms with E-state index in [0.717, 1.165) is 0 Å². The molecule has 0 nitrogen and oxygen atoms in total. The van der Waals surface area contributed by atoms with Gasteiger partial charge in [0.2, 0.25) is 0 Å². The molecule has 1 heterocycles. The van der Waals surface area contributed by atoms with Crippen LogP contribution in [0.3, 0.4) is 0 Å². The Morgan fingerprint density at radius 3 is 3.07 bits per heavy atom. The highest BCUT2D eigenvalue weighted by atomic mass is 32.2. The summed E-state index contributed by atoms with van der Waals surface area (Å²) in [5.41, 5.74) is 2.83. The zero-order chi connectivity index (χ0) is 10.3. The van der Waals surface area contributed by atoms with E-state index in [-0.39, 0.29) is 0 Å². The van der Waals surface area contributed by atoms with Crippen LogP contribution in [0.4, 0.5) is 0 Å². The van der Waals surface area contributed by atoms with Crippen molar-refractivity contribution in [3.63, 3.8) is 0 Å². The van der Waals surface area contributed by atoms with Gasteiger partial charge in [-0.25, -0.2) is 0 Å². The van der Waals surface area contributed by atoms with Crippen molar-refractivity contribution in [3.8, 4) is 0 Å². The van der Waals surface area contributed by atoms with Gasteiger partial charge in [0, 0.05) is 15.7 Å². The zero-order valence-electron chi connectivity index (χ0n) is 8.60. The molecule has 3 rings (SSSR count). The first-order chi connectivity index (χ1) is 7.34. The summed E-state index contributed by atoms with van der Waals surface area (Å²) in [5, 5.41) is 0. The molecule has 1 aromatic rings. The van der Waals surface area contributed by atoms with Gasteiger partial charge in [-0.3, -0.25) is 0 Å². The minimum absolute atomic E-state index is 0.464. The Kier molecular flexibility index (Phi) is 2.06. The molecule has 1 atom stereocenters. The molecule has 0 saturated carbocycles. The van der Waals surface area contributed by atoms with Crippen molar-refractivity contribution in [1.29, 1.82) is 0 Å². The molecule has 2 bridgehead atoms. The molecule has 0 aromatic heterocycles. The Labute approximate surface area is 94.4 Å². The lowest BCUT2D eigenvalue weighted by molar-refractivity contribution is 1.01. The molecule has 1 heteroatoms. The van der Waals surface area contributed by atoms with Gasteiger partial charge >= 0.3 is 0 Å². The van der Waals surface area contributed by atoms with Gasteiger partial charge in [-0.2, -0.15) is 0 Å². The first-order valence-electron chi connectivity index (χ1n) is 5.18. The van der Waals surface area contributed by atoms with Crippen molar-refractivity contribution in [2.75, 3.05) is 0 Å². The number of fused-ring (bicyclic) bond motifs is 3. The second kappa shape index (κ2) is 3.42. The van der Waals surface area contributed by atoms with Crippen LogP contribution in [-0.4, -0.2) is 0 Å². The lowest BCUT2D eigenvalue weighted by atomic mass is 9.96. The summed E-state index contributed by atoms with van der Waals surface area (Å²) in [6, 6.07) is 6.58. The van der Waals surface area contributed by atoms with E-state index in [4.69, 9.17) is 0 Å². The minimum atomic E-state index is 0.464. The molecule has 0 N–H and O–H groups in total. The quantitative estimate of drug-likeness (QED) is 0.621. The second-order valence-corrected chi connectivity index (χ2v) is 5.02. The molecule has 74 valence electrons. The molecule has 1 aliphatic carbocycles. The number of rotatable bonds is 0. The molecule has 1 aliphatic heterocycles. The predicted octanol–water partition coefficient (Wildman–Crippen LogP) is 4.19. The monoisotopic (exact) mass is 212 g/mol. The fraction of sp³-hybridized carbons (Fsp3) is 0.143. The fourth-order valence-electron chi connectivity index (χ4n) is 2.08. The Bertz CT molecular complexity index is 492. The van der Waals surface area contributed by atoms with E-state index in [2.05, 4.69) is 55.5 Å². The first-order valence-corrected chi connectivity index (χ1v) is 6.00. The average molecular weight is 212 g/mol. The summed E-state index contributed by atoms with van der Waals surface area (Å²) in [6.07, 6.45) is 11.1. The normalized spacial score (nSPS) is 21.9. The molecule has 2 aliphatic rings. The van der Waals surface area contributed by atoms with Crippen molar-refractivity contribution in [3.05, 3.63) is 64.6 Å². The molecule has 1 aromatic carbocycles. The van der Waals surface area contributed by atoms with Gasteiger partial charge in [-0.15, -0.1) is 0 Å². The lowest BCUT2D eigenvalue weighted by Crippen LogP contribution is -2.00. The molecule has 0 spiro atoms. The average Bonchev–Trinajstić information content (AvgIpc) is 2.43. The number of hydrogen-bond acceptors (Lipinski definition) is 1. The second-order valence-electron chi connectivity index (χ2n) is 3.93. The van der Waals surface area contributed by atoms with Crippen LogP contribution in [0, 0.1) is 6.92 Å². The van der Waals surface area contributed by atoms with Crippen LogP contribution in [-0.2, 0) is 0 Å². The largest absolute Gasteiger partial charge is 0.0898 e. The van der Waals surface area contributed by atoms with Crippen molar-refractivity contribution in [2.24, 2.45) is 0 Å². The Morgan fingerprint density at radius 2 is 2.13 bits per heavy atom. The van der Waals surface area contributed by atoms with Crippen LogP contribution in [0.15, 0.2) is 58.4 Å². The highest BCUT2D eigenvalue weighted by molar-refractivity contribution is 8.03. The molecule has 0 saturated heterocycles. The smallest absolute Gasteiger partial charge is 0.0227 e. The molecular weight excluding hydrogens is 200 g/mol. The van der Waals surface area contributed by atoms with Gasteiger partial charge in [0.25, 0.3) is 0 Å². The molecule has 0 amide bonds. The highest BCUT2D eigenvalue weighted by Gasteiger charge is 2.19. The maximum atomic E-state index is 2.34. The lowest BCUT2D eigenvalue weighted by Gasteiger charge is -2.21. The van der Waals surface area contributed by atoms with Crippen LogP contribution in [0.1, 0.15) is 17.0 Å². The van der Waals surface area contributed by atoms with Crippen LogP contribution in [0.25, 0.3) is 0 Å². The Hall–Kier alpha value is -1.21. The molecule has 15 heavy (non-hydrogen) atoms. The van der Waals surface area contributed by atoms with Crippen LogP contribution in [0.5, 0.6) is 0 Å². The van der Waals surface area contributed by atoms with Crippen LogP contribution >= 0.6 is 11.8 Å². The van der Waals surface area contributed by atoms with E-state index in [9.17, 15) is 0 Å². The van der Waals surface area contributed by atoms with Gasteiger partial charge < -0.3 is 0 Å². The SMILES string of the molecule is Cc1cccc2c1SC1=CC2C=CC=C1. The van der Waals surface area contributed by atoms with Crippen LogP contribution < -0.4 is 0 Å². The first kappa shape index (κ1) is 9.05. The topological polar surface area (TPSA) is 0 Å². The van der Waals surface area contributed by atoms with E-state index < -0.39 is 0 Å². The summed E-state index contributed by atoms with van der Waals surface area (Å²) < 4.78 is 0. The Balaban J connectivity index is 2.20. The van der Waals surface area contributed by atoms with E-state index in [1.165, 1.54) is 20.9 Å². The summed E-state index contributed by atoms with van der Waals surface area (Å²) in [4.78, 5) is 2.81. The molecule has 1 unspecified atom stereocenters. The van der Waals surface area contributed by atoms with Crippen molar-refractivity contribution in [1.82, 2.24) is 0 Å². The number of hydrogen-bond donors (Lipinski definition) is 0. The van der Waals surface area contributed by atoms with Crippen LogP contribution in [0.2, 0.25) is 0 Å². The minimum Gasteiger partial charge on any atom is -0.0898 e. The van der Waals surface area contributed by atoms with Crippen molar-refractivity contribution in [2.45, 2.75) is 17.7 Å². The van der Waals surface area contributed by atoms with Crippen molar-refractivity contribution >= 4 is 11.8 Å². The van der Waals surface area contributed by atoms with Gasteiger partial charge in [0.05, 0.1) is 0 Å². The molecular formula is C14H12S. The maximum Gasteiger partial charge on any atom is 0.0227 e. The summed E-state index contributed by atoms with van der Waals surface area (Å²) in [7, 11) is 0. The molecule has 0 radical (unpaired) electrons. The van der Waals surface area contributed by atoms with E-state index in [1.54, 1.807) is 0 Å². The van der Waals surface area contributed by atoms with E-state index in [0.29, 0.717) is 5.92 Å². The summed E-state index contributed by atoms with van der Waals surface area (Å²) >= 11 is 1.89. The van der Waals surface area contributed by atoms with Gasteiger partial charge in [0.1, 0.15) is 0 Å². The number of benzene rings is 1. The highest BCUT2D eigenvalue weighted by Crippen LogP contribution is 2.43. The fourth-order valence-corrected chi connectivity index (χ4v) is 3.23. The number of aryl methyl sites for hydroxylation is 1. The van der Waals surface area contributed by atoms with Gasteiger partial charge in [-0.1, -0.05) is 54.3 Å². The molecule has 0 fully saturated rings. The van der Waals surface area contributed by atoms with Gasteiger partial charge in [0.15, 0.2) is 0 Å². The standard InChI is InChI=1S/C14H12S/c1-10-5-4-8-13-11-6-2-3-7-12(9-11)15-14(10)13/h2-9,11H,1H3. The van der Waals surface area contributed by atoms with E-state index in [1.807, 2.05) is 11.8 Å². The third-order valence-electron chi connectivity index (χ3n) is 2.86. The van der Waals surface area contributed by atoms with Gasteiger partial charge in [-0.05, 0) is 24.1 Å². The maximum absolute atomic E-state index is 2.34. The zero-order valence-corrected chi connectivity index (χ0v) is 9.42. The predicted molar refractivity (Wildman–Crippen MR) is 66.1 cm³/mol. The third kappa shape index (κ3) is 1.47. The number of thioether (sulfide) groups is 1. The van der Waals surface area contributed by atoms with E-state index >= 15 is 0 Å². The summed E-state index contributed by atoms with van der Waals surface area (Å²) in [6.45, 7) is 2.19.